The van der Waals surface area contributed by atoms with Gasteiger partial charge in [-0.1, -0.05) is 23.4 Å². The van der Waals surface area contributed by atoms with E-state index in [2.05, 4.69) is 20.4 Å². The maximum absolute atomic E-state index is 13.1. The SMILES string of the molecule is Cc1nc(COc2ccccc2/C=C/C(=O)NC(C)c2nc(-c3ccc(F)cc3)no2)cs1. The number of halogens is 1. The molecule has 168 valence electrons. The highest BCUT2D eigenvalue weighted by atomic mass is 32.1. The van der Waals surface area contributed by atoms with Crippen LogP contribution in [0.2, 0.25) is 0 Å². The van der Waals surface area contributed by atoms with Gasteiger partial charge in [0.25, 0.3) is 0 Å². The van der Waals surface area contributed by atoms with E-state index in [4.69, 9.17) is 9.26 Å². The van der Waals surface area contributed by atoms with Crippen molar-refractivity contribution in [1.29, 1.82) is 0 Å². The Labute approximate surface area is 194 Å². The summed E-state index contributed by atoms with van der Waals surface area (Å²) in [6.07, 6.45) is 3.10. The zero-order valence-electron chi connectivity index (χ0n) is 18.0. The number of hydrogen-bond donors (Lipinski definition) is 1. The van der Waals surface area contributed by atoms with Crippen molar-refractivity contribution in [2.75, 3.05) is 0 Å². The van der Waals surface area contributed by atoms with Crippen LogP contribution in [-0.2, 0) is 11.4 Å². The third-order valence-electron chi connectivity index (χ3n) is 4.65. The zero-order valence-corrected chi connectivity index (χ0v) is 18.8. The van der Waals surface area contributed by atoms with Gasteiger partial charge in [0.15, 0.2) is 0 Å². The highest BCUT2D eigenvalue weighted by Gasteiger charge is 2.16. The summed E-state index contributed by atoms with van der Waals surface area (Å²) >= 11 is 1.57. The second kappa shape index (κ2) is 10.2. The normalized spacial score (nSPS) is 12.1. The van der Waals surface area contributed by atoms with Gasteiger partial charge in [-0.25, -0.2) is 9.37 Å². The molecule has 1 amide bonds. The highest BCUT2D eigenvalue weighted by molar-refractivity contribution is 7.09. The number of ether oxygens (including phenoxy) is 1. The fourth-order valence-electron chi connectivity index (χ4n) is 2.99. The summed E-state index contributed by atoms with van der Waals surface area (Å²) in [5.41, 5.74) is 2.25. The third kappa shape index (κ3) is 5.89. The van der Waals surface area contributed by atoms with E-state index in [1.165, 1.54) is 18.2 Å². The summed E-state index contributed by atoms with van der Waals surface area (Å²) in [4.78, 5) is 21.1. The van der Waals surface area contributed by atoms with Crippen LogP contribution in [0.4, 0.5) is 4.39 Å². The lowest BCUT2D eigenvalue weighted by Crippen LogP contribution is -2.24. The molecule has 1 N–H and O–H groups in total. The summed E-state index contributed by atoms with van der Waals surface area (Å²) in [5.74, 6) is 0.552. The van der Waals surface area contributed by atoms with Crippen LogP contribution in [-0.4, -0.2) is 21.0 Å². The molecule has 2 aromatic heterocycles. The summed E-state index contributed by atoms with van der Waals surface area (Å²) in [6, 6.07) is 12.7. The number of aromatic nitrogens is 3. The predicted molar refractivity (Wildman–Crippen MR) is 123 cm³/mol. The number of nitrogens with one attached hydrogen (secondary N) is 1. The number of thiazole rings is 1. The van der Waals surface area contributed by atoms with Gasteiger partial charge in [-0.3, -0.25) is 4.79 Å². The monoisotopic (exact) mass is 464 g/mol. The second-order valence-corrected chi connectivity index (χ2v) is 8.27. The van der Waals surface area contributed by atoms with E-state index in [1.807, 2.05) is 36.6 Å². The maximum atomic E-state index is 13.1. The molecule has 0 bridgehead atoms. The first kappa shape index (κ1) is 22.3. The summed E-state index contributed by atoms with van der Waals surface area (Å²) < 4.78 is 24.2. The van der Waals surface area contributed by atoms with Gasteiger partial charge in [0.1, 0.15) is 24.2 Å². The van der Waals surface area contributed by atoms with Crippen molar-refractivity contribution in [3.05, 3.63) is 88.0 Å². The van der Waals surface area contributed by atoms with Crippen LogP contribution in [0.15, 0.2) is 64.5 Å². The van der Waals surface area contributed by atoms with Crippen molar-refractivity contribution in [2.45, 2.75) is 26.5 Å². The number of benzene rings is 2. The Balaban J connectivity index is 1.37. The van der Waals surface area contributed by atoms with Crippen molar-refractivity contribution in [3.63, 3.8) is 0 Å². The van der Waals surface area contributed by atoms with Gasteiger partial charge in [-0.05, 0) is 50.3 Å². The summed E-state index contributed by atoms with van der Waals surface area (Å²) in [7, 11) is 0. The second-order valence-electron chi connectivity index (χ2n) is 7.21. The van der Waals surface area contributed by atoms with Crippen molar-refractivity contribution >= 4 is 23.3 Å². The van der Waals surface area contributed by atoms with Crippen LogP contribution < -0.4 is 10.1 Å². The quantitative estimate of drug-likeness (QED) is 0.365. The molecule has 0 saturated heterocycles. The maximum Gasteiger partial charge on any atom is 0.249 e. The molecule has 4 rings (SSSR count). The van der Waals surface area contributed by atoms with E-state index < -0.39 is 6.04 Å². The minimum atomic E-state index is -0.511. The van der Waals surface area contributed by atoms with Gasteiger partial charge in [0.05, 0.1) is 10.7 Å². The van der Waals surface area contributed by atoms with Gasteiger partial charge in [-0.2, -0.15) is 4.98 Å². The molecule has 0 aliphatic heterocycles. The number of para-hydroxylation sites is 1. The number of amides is 1. The molecule has 0 fully saturated rings. The number of nitrogens with zero attached hydrogens (tertiary/aromatic N) is 3. The van der Waals surface area contributed by atoms with Crippen LogP contribution in [0.3, 0.4) is 0 Å². The first-order valence-electron chi connectivity index (χ1n) is 10.2. The Kier molecular flexibility index (Phi) is 6.89. The number of aryl methyl sites for hydroxylation is 1. The van der Waals surface area contributed by atoms with Crippen LogP contribution in [0, 0.1) is 12.7 Å². The largest absolute Gasteiger partial charge is 0.487 e. The van der Waals surface area contributed by atoms with Crippen LogP contribution in [0.5, 0.6) is 5.75 Å². The Morgan fingerprint density at radius 1 is 1.21 bits per heavy atom. The van der Waals surface area contributed by atoms with Gasteiger partial charge >= 0.3 is 0 Å². The van der Waals surface area contributed by atoms with Gasteiger partial charge in [0, 0.05) is 22.6 Å². The van der Waals surface area contributed by atoms with Crippen molar-refractivity contribution in [3.8, 4) is 17.1 Å². The average molecular weight is 465 g/mol. The van der Waals surface area contributed by atoms with E-state index in [-0.39, 0.29) is 17.6 Å². The van der Waals surface area contributed by atoms with Crippen molar-refractivity contribution in [2.24, 2.45) is 0 Å². The van der Waals surface area contributed by atoms with E-state index >= 15 is 0 Å². The van der Waals surface area contributed by atoms with Gasteiger partial charge in [-0.15, -0.1) is 11.3 Å². The van der Waals surface area contributed by atoms with Crippen molar-refractivity contribution in [1.82, 2.24) is 20.4 Å². The van der Waals surface area contributed by atoms with E-state index in [9.17, 15) is 9.18 Å². The molecular formula is C24H21FN4O3S. The van der Waals surface area contributed by atoms with Gasteiger partial charge in [0.2, 0.25) is 17.6 Å². The smallest absolute Gasteiger partial charge is 0.249 e. The zero-order chi connectivity index (χ0) is 23.2. The van der Waals surface area contributed by atoms with E-state index in [0.29, 0.717) is 23.7 Å². The highest BCUT2D eigenvalue weighted by Crippen LogP contribution is 2.22. The molecule has 0 radical (unpaired) electrons. The Morgan fingerprint density at radius 3 is 2.76 bits per heavy atom. The lowest BCUT2D eigenvalue weighted by molar-refractivity contribution is -0.117. The molecule has 1 unspecified atom stereocenters. The molecule has 2 heterocycles. The first-order valence-corrected chi connectivity index (χ1v) is 11.1. The number of rotatable bonds is 8. The minimum Gasteiger partial charge on any atom is -0.487 e. The molecule has 9 heteroatoms. The molecule has 0 saturated carbocycles. The molecule has 1 atom stereocenters. The van der Waals surface area contributed by atoms with E-state index in [0.717, 1.165) is 16.3 Å². The lowest BCUT2D eigenvalue weighted by Gasteiger charge is -2.09. The number of carbonyl (C=O) groups is 1. The van der Waals surface area contributed by atoms with E-state index in [1.54, 1.807) is 36.5 Å². The molecule has 0 aliphatic rings. The molecule has 7 nitrogen and oxygen atoms in total. The van der Waals surface area contributed by atoms with Crippen LogP contribution in [0.1, 0.15) is 35.1 Å². The Hall–Kier alpha value is -3.85. The first-order chi connectivity index (χ1) is 16.0. The molecule has 0 spiro atoms. The number of hydrogen-bond acceptors (Lipinski definition) is 7. The third-order valence-corrected chi connectivity index (χ3v) is 5.47. The molecular weight excluding hydrogens is 443 g/mol. The molecule has 0 aliphatic carbocycles. The van der Waals surface area contributed by atoms with Gasteiger partial charge < -0.3 is 14.6 Å². The Morgan fingerprint density at radius 2 is 2.00 bits per heavy atom. The number of carbonyl (C=O) groups excluding carboxylic acids is 1. The van der Waals surface area contributed by atoms with Crippen molar-refractivity contribution < 1.29 is 18.4 Å². The fourth-order valence-corrected chi connectivity index (χ4v) is 3.59. The van der Waals surface area contributed by atoms with Crippen LogP contribution in [0.25, 0.3) is 17.5 Å². The van der Waals surface area contributed by atoms with Crippen LogP contribution >= 0.6 is 11.3 Å². The Bertz CT molecular complexity index is 1270. The minimum absolute atomic E-state index is 0.248. The summed E-state index contributed by atoms with van der Waals surface area (Å²) in [5, 5.41) is 9.63. The predicted octanol–water partition coefficient (Wildman–Crippen LogP) is 5.11. The lowest BCUT2D eigenvalue weighted by atomic mass is 10.2. The molecule has 4 aromatic rings. The molecule has 33 heavy (non-hydrogen) atoms. The fraction of sp³-hybridized carbons (Fsp3) is 0.167. The summed E-state index contributed by atoms with van der Waals surface area (Å²) in [6.45, 7) is 4.04. The average Bonchev–Trinajstić information content (AvgIpc) is 3.47. The molecule has 2 aromatic carbocycles. The topological polar surface area (TPSA) is 90.1 Å². The standard InChI is InChI=1S/C24H21FN4O3S/c1-15(24-28-23(29-32-24)18-7-10-19(25)11-8-18)26-22(30)12-9-17-5-3-4-6-21(17)31-13-20-14-33-16(2)27-20/h3-12,14-15H,13H2,1-2H3,(H,26,30)/b12-9+.